The van der Waals surface area contributed by atoms with Crippen LogP contribution < -0.4 is 16.4 Å². The molecule has 0 heterocycles. The van der Waals surface area contributed by atoms with Crippen molar-refractivity contribution in [2.24, 2.45) is 15.8 Å². The summed E-state index contributed by atoms with van der Waals surface area (Å²) in [7, 11) is 0. The van der Waals surface area contributed by atoms with Crippen molar-refractivity contribution in [1.29, 1.82) is 0 Å². The van der Waals surface area contributed by atoms with Crippen LogP contribution in [0.15, 0.2) is 64.7 Å². The lowest BCUT2D eigenvalue weighted by Gasteiger charge is -2.10. The summed E-state index contributed by atoms with van der Waals surface area (Å²) in [6.45, 7) is 0.475. The molecular weight excluding hydrogens is 282 g/mol. The zero-order chi connectivity index (χ0) is 15.8. The molecule has 7 nitrogen and oxygen atoms in total. The fourth-order valence-corrected chi connectivity index (χ4v) is 1.68. The fourth-order valence-electron chi connectivity index (χ4n) is 1.68. The summed E-state index contributed by atoms with van der Waals surface area (Å²) in [6.07, 6.45) is 1.54. The van der Waals surface area contributed by atoms with Gasteiger partial charge in [0.25, 0.3) is 0 Å². The summed E-state index contributed by atoms with van der Waals surface area (Å²) in [5, 5.41) is 22.5. The number of guanidine groups is 1. The second kappa shape index (κ2) is 7.89. The molecule has 0 radical (unpaired) electrons. The molecule has 114 valence electrons. The normalized spacial score (nSPS) is 13.3. The van der Waals surface area contributed by atoms with Gasteiger partial charge >= 0.3 is 0 Å². The summed E-state index contributed by atoms with van der Waals surface area (Å²) in [6, 6.07) is 16.1. The van der Waals surface area contributed by atoms with Crippen LogP contribution >= 0.6 is 0 Å². The molecule has 2 aromatic rings. The average Bonchev–Trinajstić information content (AvgIpc) is 2.54. The third-order valence-electron chi connectivity index (χ3n) is 2.83. The average molecular weight is 299 g/mol. The first kappa shape index (κ1) is 15.6. The van der Waals surface area contributed by atoms with E-state index in [-0.39, 0.29) is 11.6 Å². The van der Waals surface area contributed by atoms with Gasteiger partial charge in [-0.25, -0.2) is 15.6 Å². The standard InChI is InChI=1S/C15H17N5O2/c16-15(17-10-12-4-2-1-3-5-12)19-18-11-13-6-8-14(9-7-13)20(21)22/h1-9,11,20-21H,10H2,(H3,16,17,19)/b18-11+. The number of aliphatic imine (C=N–C) groups is 1. The molecule has 0 spiro atoms. The highest BCUT2D eigenvalue weighted by Crippen LogP contribution is 2.02. The molecule has 5 N–H and O–H groups in total. The van der Waals surface area contributed by atoms with E-state index >= 15 is 0 Å². The van der Waals surface area contributed by atoms with Gasteiger partial charge in [-0.3, -0.25) is 0 Å². The smallest absolute Gasteiger partial charge is 0.209 e. The summed E-state index contributed by atoms with van der Waals surface area (Å²) >= 11 is 0. The van der Waals surface area contributed by atoms with Crippen molar-refractivity contribution in [3.63, 3.8) is 0 Å². The van der Waals surface area contributed by atoms with E-state index in [4.69, 9.17) is 10.9 Å². The van der Waals surface area contributed by atoms with Gasteiger partial charge in [0.2, 0.25) is 5.96 Å². The molecule has 7 heteroatoms. The Kier molecular flexibility index (Phi) is 5.61. The molecule has 0 saturated carbocycles. The lowest BCUT2D eigenvalue weighted by atomic mass is 10.2. The molecule has 0 aliphatic rings. The number of hydrazone groups is 1. The first-order valence-electron chi connectivity index (χ1n) is 6.61. The minimum Gasteiger partial charge on any atom is -0.595 e. The maximum atomic E-state index is 10.7. The lowest BCUT2D eigenvalue weighted by molar-refractivity contribution is -0.991. The molecule has 0 bridgehead atoms. The predicted octanol–water partition coefficient (Wildman–Crippen LogP) is 0.528. The van der Waals surface area contributed by atoms with Crippen LogP contribution in [0, 0.1) is 5.21 Å². The zero-order valence-corrected chi connectivity index (χ0v) is 11.8. The molecule has 0 aromatic heterocycles. The Bertz CT molecular complexity index is 639. The summed E-state index contributed by atoms with van der Waals surface area (Å²) in [5.74, 6) is 0.210. The van der Waals surface area contributed by atoms with Gasteiger partial charge in [-0.2, -0.15) is 10.3 Å². The van der Waals surface area contributed by atoms with E-state index in [0.717, 1.165) is 11.1 Å². The summed E-state index contributed by atoms with van der Waals surface area (Å²) in [4.78, 5) is 4.15. The van der Waals surface area contributed by atoms with Crippen LogP contribution in [0.25, 0.3) is 0 Å². The van der Waals surface area contributed by atoms with Crippen molar-refractivity contribution in [3.05, 3.63) is 70.9 Å². The van der Waals surface area contributed by atoms with E-state index < -0.39 is 5.23 Å². The Morgan fingerprint density at radius 2 is 1.86 bits per heavy atom. The van der Waals surface area contributed by atoms with Crippen LogP contribution in [0.1, 0.15) is 11.1 Å². The first-order chi connectivity index (χ1) is 10.6. The Hall–Kier alpha value is -2.74. The van der Waals surface area contributed by atoms with Gasteiger partial charge in [0.05, 0.1) is 12.8 Å². The van der Waals surface area contributed by atoms with E-state index in [1.165, 1.54) is 18.3 Å². The van der Waals surface area contributed by atoms with Gasteiger partial charge in [0.15, 0.2) is 5.69 Å². The number of nitrogens with one attached hydrogen (secondary N) is 2. The van der Waals surface area contributed by atoms with Crippen LogP contribution in [0.5, 0.6) is 0 Å². The molecule has 0 aliphatic heterocycles. The number of hydrogen-bond donors (Lipinski definition) is 4. The van der Waals surface area contributed by atoms with Crippen LogP contribution in [0.3, 0.4) is 0 Å². The van der Waals surface area contributed by atoms with Gasteiger partial charge in [0.1, 0.15) is 0 Å². The van der Waals surface area contributed by atoms with Crippen molar-refractivity contribution >= 4 is 17.9 Å². The number of hydrogen-bond acceptors (Lipinski definition) is 4. The molecule has 22 heavy (non-hydrogen) atoms. The highest BCUT2D eigenvalue weighted by Gasteiger charge is 1.97. The SMILES string of the molecule is NC(=NCc1ccccc1)N/N=C/c1ccc([NH+]([O-])O)cc1. The number of nitrogens with two attached hydrogens (primary N) is 1. The second-order valence-corrected chi connectivity index (χ2v) is 4.48. The van der Waals surface area contributed by atoms with Gasteiger partial charge in [-0.1, -0.05) is 30.3 Å². The van der Waals surface area contributed by atoms with E-state index in [2.05, 4.69) is 15.5 Å². The monoisotopic (exact) mass is 299 g/mol. The number of nitrogens with zero attached hydrogens (tertiary/aromatic N) is 2. The van der Waals surface area contributed by atoms with Crippen molar-refractivity contribution in [1.82, 2.24) is 5.43 Å². The van der Waals surface area contributed by atoms with E-state index in [0.29, 0.717) is 6.54 Å². The third kappa shape index (κ3) is 4.98. The Labute approximate surface area is 127 Å². The predicted molar refractivity (Wildman–Crippen MR) is 84.7 cm³/mol. The lowest BCUT2D eigenvalue weighted by Crippen LogP contribution is -2.99. The Balaban J connectivity index is 1.86. The van der Waals surface area contributed by atoms with E-state index in [1.54, 1.807) is 12.1 Å². The number of quaternary nitrogens is 1. The molecule has 0 amide bonds. The van der Waals surface area contributed by atoms with Crippen molar-refractivity contribution in [2.75, 3.05) is 0 Å². The highest BCUT2D eigenvalue weighted by atomic mass is 16.8. The molecule has 2 aromatic carbocycles. The van der Waals surface area contributed by atoms with E-state index in [1.807, 2.05) is 30.3 Å². The molecule has 0 fully saturated rings. The van der Waals surface area contributed by atoms with Gasteiger partial charge in [-0.05, 0) is 23.3 Å². The summed E-state index contributed by atoms with van der Waals surface area (Å²) < 4.78 is 0. The van der Waals surface area contributed by atoms with Gasteiger partial charge in [-0.15, -0.1) is 0 Å². The second-order valence-electron chi connectivity index (χ2n) is 4.48. The minimum atomic E-state index is -0.959. The van der Waals surface area contributed by atoms with Crippen LogP contribution in [0.2, 0.25) is 0 Å². The quantitative estimate of drug-likeness (QED) is 0.366. The van der Waals surface area contributed by atoms with Crippen LogP contribution in [-0.4, -0.2) is 17.4 Å². The summed E-state index contributed by atoms with van der Waals surface area (Å²) in [5.41, 5.74) is 10.4. The highest BCUT2D eigenvalue weighted by molar-refractivity contribution is 5.83. The van der Waals surface area contributed by atoms with Crippen molar-refractivity contribution < 1.29 is 10.4 Å². The number of benzene rings is 2. The van der Waals surface area contributed by atoms with Gasteiger partial charge in [0, 0.05) is 12.1 Å². The topological polar surface area (TPSA) is 110 Å². The molecule has 2 rings (SSSR count). The van der Waals surface area contributed by atoms with E-state index in [9.17, 15) is 5.21 Å². The van der Waals surface area contributed by atoms with Crippen LogP contribution in [-0.2, 0) is 6.54 Å². The molecule has 0 saturated heterocycles. The number of rotatable bonds is 5. The minimum absolute atomic E-state index is 0.210. The Morgan fingerprint density at radius 1 is 1.18 bits per heavy atom. The molecule has 1 unspecified atom stereocenters. The maximum absolute atomic E-state index is 10.7. The third-order valence-corrected chi connectivity index (χ3v) is 2.83. The molecular formula is C15H17N5O2. The Morgan fingerprint density at radius 3 is 2.50 bits per heavy atom. The van der Waals surface area contributed by atoms with Crippen molar-refractivity contribution in [2.45, 2.75) is 6.54 Å². The van der Waals surface area contributed by atoms with Crippen molar-refractivity contribution in [3.8, 4) is 0 Å². The zero-order valence-electron chi connectivity index (χ0n) is 11.8. The fraction of sp³-hybridized carbons (Fsp3) is 0.0667. The maximum Gasteiger partial charge on any atom is 0.209 e. The van der Waals surface area contributed by atoms with Gasteiger partial charge < -0.3 is 10.9 Å². The molecule has 1 atom stereocenters. The van der Waals surface area contributed by atoms with Crippen LogP contribution in [0.4, 0.5) is 5.69 Å². The first-order valence-corrected chi connectivity index (χ1v) is 6.61. The largest absolute Gasteiger partial charge is 0.595 e. The molecule has 0 aliphatic carbocycles.